The molecule has 2 aromatic rings. The highest BCUT2D eigenvalue weighted by molar-refractivity contribution is 7.09. The van der Waals surface area contributed by atoms with Crippen molar-refractivity contribution in [2.75, 3.05) is 19.6 Å². The van der Waals surface area contributed by atoms with Crippen LogP contribution in [0.2, 0.25) is 0 Å². The van der Waals surface area contributed by atoms with Gasteiger partial charge in [-0.1, -0.05) is 0 Å². The molecule has 0 spiro atoms. The number of Topliss-reactive ketones (excluding diaryl/α,β-unsaturated/α-hetero) is 1. The second kappa shape index (κ2) is 7.11. The van der Waals surface area contributed by atoms with Crippen LogP contribution in [0, 0.1) is 5.82 Å². The largest absolute Gasteiger partial charge is 0.303 e. The molecule has 1 aliphatic rings. The van der Waals surface area contributed by atoms with E-state index in [0.717, 1.165) is 26.1 Å². The number of carbonyl (C=O) groups excluding carboxylic acids is 1. The Kier molecular flexibility index (Phi) is 4.95. The number of ketones is 1. The molecule has 22 heavy (non-hydrogen) atoms. The Morgan fingerprint density at radius 2 is 2.18 bits per heavy atom. The third-order valence-corrected chi connectivity index (χ3v) is 5.11. The highest BCUT2D eigenvalue weighted by atomic mass is 32.1. The zero-order valence-electron chi connectivity index (χ0n) is 12.4. The Morgan fingerprint density at radius 1 is 1.36 bits per heavy atom. The number of likely N-dealkylation sites (tertiary alicyclic amines) is 1. The molecule has 3 nitrogen and oxygen atoms in total. The van der Waals surface area contributed by atoms with E-state index in [1.54, 1.807) is 23.5 Å². The molecule has 116 valence electrons. The molecular formula is C17H19FN2OS. The van der Waals surface area contributed by atoms with Crippen molar-refractivity contribution in [2.24, 2.45) is 0 Å². The van der Waals surface area contributed by atoms with Gasteiger partial charge in [0, 0.05) is 35.5 Å². The number of benzene rings is 1. The molecule has 1 unspecified atom stereocenters. The molecule has 0 radical (unpaired) electrons. The fraction of sp³-hybridized carbons (Fsp3) is 0.412. The maximum absolute atomic E-state index is 12.8. The molecule has 1 aliphatic heterocycles. The van der Waals surface area contributed by atoms with Gasteiger partial charge in [0.2, 0.25) is 0 Å². The quantitative estimate of drug-likeness (QED) is 0.761. The summed E-state index contributed by atoms with van der Waals surface area (Å²) in [4.78, 5) is 20.0. The van der Waals surface area contributed by atoms with E-state index in [-0.39, 0.29) is 11.6 Å². The zero-order valence-corrected chi connectivity index (χ0v) is 13.2. The summed E-state index contributed by atoms with van der Waals surface area (Å²) in [6.45, 7) is 3.10. The number of hydrogen-bond acceptors (Lipinski definition) is 4. The first-order valence-corrected chi connectivity index (χ1v) is 8.50. The zero-order chi connectivity index (χ0) is 15.4. The summed E-state index contributed by atoms with van der Waals surface area (Å²) in [5, 5.41) is 0. The van der Waals surface area contributed by atoms with Crippen LogP contribution in [-0.4, -0.2) is 35.3 Å². The van der Waals surface area contributed by atoms with Gasteiger partial charge in [-0.15, -0.1) is 11.3 Å². The van der Waals surface area contributed by atoms with Gasteiger partial charge in [-0.3, -0.25) is 9.78 Å². The summed E-state index contributed by atoms with van der Waals surface area (Å²) in [5.74, 6) is 0.390. The van der Waals surface area contributed by atoms with Gasteiger partial charge in [0.1, 0.15) is 5.82 Å². The van der Waals surface area contributed by atoms with Crippen molar-refractivity contribution in [2.45, 2.75) is 25.2 Å². The van der Waals surface area contributed by atoms with E-state index in [4.69, 9.17) is 0 Å². The van der Waals surface area contributed by atoms with Crippen LogP contribution in [-0.2, 0) is 0 Å². The number of aromatic nitrogens is 1. The minimum atomic E-state index is -0.303. The minimum absolute atomic E-state index is 0.0956. The molecule has 0 aliphatic carbocycles. The lowest BCUT2D eigenvalue weighted by Gasteiger charge is -2.15. The molecule has 3 rings (SSSR count). The van der Waals surface area contributed by atoms with Crippen LogP contribution in [0.4, 0.5) is 4.39 Å². The number of nitrogens with zero attached hydrogens (tertiary/aromatic N) is 2. The first-order chi connectivity index (χ1) is 10.7. The molecular weight excluding hydrogens is 299 g/mol. The Balaban J connectivity index is 1.42. The number of rotatable bonds is 6. The summed E-state index contributed by atoms with van der Waals surface area (Å²) in [6.07, 6.45) is 4.52. The molecule has 1 aromatic carbocycles. The van der Waals surface area contributed by atoms with Gasteiger partial charge in [-0.05, 0) is 50.2 Å². The van der Waals surface area contributed by atoms with E-state index >= 15 is 0 Å². The average Bonchev–Trinajstić information content (AvgIpc) is 3.19. The van der Waals surface area contributed by atoms with E-state index in [0.29, 0.717) is 17.9 Å². The third-order valence-electron chi connectivity index (χ3n) is 4.17. The SMILES string of the molecule is O=C(CCCN1CCC(c2cncs2)C1)c1ccc(F)cc1. The van der Waals surface area contributed by atoms with Crippen molar-refractivity contribution in [1.29, 1.82) is 0 Å². The fourth-order valence-electron chi connectivity index (χ4n) is 2.94. The predicted octanol–water partition coefficient (Wildman–Crippen LogP) is 3.73. The number of carbonyl (C=O) groups is 1. The van der Waals surface area contributed by atoms with Gasteiger partial charge in [0.05, 0.1) is 5.51 Å². The normalized spacial score (nSPS) is 18.7. The van der Waals surface area contributed by atoms with Gasteiger partial charge in [-0.2, -0.15) is 0 Å². The predicted molar refractivity (Wildman–Crippen MR) is 85.9 cm³/mol. The van der Waals surface area contributed by atoms with Gasteiger partial charge >= 0.3 is 0 Å². The van der Waals surface area contributed by atoms with Crippen LogP contribution < -0.4 is 0 Å². The van der Waals surface area contributed by atoms with E-state index in [2.05, 4.69) is 9.88 Å². The van der Waals surface area contributed by atoms with Crippen molar-refractivity contribution in [3.05, 3.63) is 52.2 Å². The molecule has 0 bridgehead atoms. The third kappa shape index (κ3) is 3.78. The van der Waals surface area contributed by atoms with Crippen molar-refractivity contribution < 1.29 is 9.18 Å². The van der Waals surface area contributed by atoms with E-state index in [1.807, 2.05) is 11.7 Å². The molecule has 1 fully saturated rings. The molecule has 1 saturated heterocycles. The Morgan fingerprint density at radius 3 is 2.91 bits per heavy atom. The maximum Gasteiger partial charge on any atom is 0.162 e. The standard InChI is InChI=1S/C17H19FN2OS/c18-15-5-3-13(4-6-15)16(21)2-1-8-20-9-7-14(11-20)17-10-19-12-22-17/h3-6,10,12,14H,1-2,7-9,11H2. The molecule has 0 amide bonds. The second-order valence-corrected chi connectivity index (χ2v) is 6.64. The number of halogens is 1. The van der Waals surface area contributed by atoms with E-state index in [1.165, 1.54) is 23.4 Å². The van der Waals surface area contributed by atoms with Crippen molar-refractivity contribution in [1.82, 2.24) is 9.88 Å². The lowest BCUT2D eigenvalue weighted by Crippen LogP contribution is -2.22. The lowest BCUT2D eigenvalue weighted by molar-refractivity contribution is 0.0976. The van der Waals surface area contributed by atoms with Gasteiger partial charge in [0.15, 0.2) is 5.78 Å². The maximum atomic E-state index is 12.8. The molecule has 1 aromatic heterocycles. The second-order valence-electron chi connectivity index (χ2n) is 5.72. The average molecular weight is 318 g/mol. The molecule has 5 heteroatoms. The monoisotopic (exact) mass is 318 g/mol. The molecule has 1 atom stereocenters. The first kappa shape index (κ1) is 15.3. The Bertz CT molecular complexity index is 612. The van der Waals surface area contributed by atoms with Gasteiger partial charge in [0.25, 0.3) is 0 Å². The smallest absolute Gasteiger partial charge is 0.162 e. The van der Waals surface area contributed by atoms with Gasteiger partial charge in [-0.25, -0.2) is 4.39 Å². The number of hydrogen-bond donors (Lipinski definition) is 0. The van der Waals surface area contributed by atoms with E-state index in [9.17, 15) is 9.18 Å². The summed E-state index contributed by atoms with van der Waals surface area (Å²) >= 11 is 1.73. The Hall–Kier alpha value is -1.59. The molecule has 0 saturated carbocycles. The summed E-state index contributed by atoms with van der Waals surface area (Å²) in [6, 6.07) is 5.81. The lowest BCUT2D eigenvalue weighted by atomic mass is 10.1. The molecule has 0 N–H and O–H groups in total. The highest BCUT2D eigenvalue weighted by Gasteiger charge is 2.24. The summed E-state index contributed by atoms with van der Waals surface area (Å²) in [5.41, 5.74) is 2.49. The van der Waals surface area contributed by atoms with Crippen molar-refractivity contribution in [3.63, 3.8) is 0 Å². The topological polar surface area (TPSA) is 33.2 Å². The summed E-state index contributed by atoms with van der Waals surface area (Å²) < 4.78 is 12.8. The highest BCUT2D eigenvalue weighted by Crippen LogP contribution is 2.29. The van der Waals surface area contributed by atoms with Crippen LogP contribution in [0.5, 0.6) is 0 Å². The van der Waals surface area contributed by atoms with Crippen molar-refractivity contribution in [3.8, 4) is 0 Å². The van der Waals surface area contributed by atoms with E-state index < -0.39 is 0 Å². The fourth-order valence-corrected chi connectivity index (χ4v) is 3.69. The minimum Gasteiger partial charge on any atom is -0.303 e. The van der Waals surface area contributed by atoms with Crippen molar-refractivity contribution >= 4 is 17.1 Å². The van der Waals surface area contributed by atoms with Crippen LogP contribution in [0.15, 0.2) is 36.0 Å². The van der Waals surface area contributed by atoms with Crippen LogP contribution in [0.25, 0.3) is 0 Å². The van der Waals surface area contributed by atoms with Crippen LogP contribution in [0.1, 0.15) is 40.4 Å². The van der Waals surface area contributed by atoms with Crippen LogP contribution >= 0.6 is 11.3 Å². The van der Waals surface area contributed by atoms with Crippen LogP contribution in [0.3, 0.4) is 0 Å². The van der Waals surface area contributed by atoms with Gasteiger partial charge < -0.3 is 4.90 Å². The summed E-state index contributed by atoms with van der Waals surface area (Å²) in [7, 11) is 0. The Labute approximate surface area is 133 Å². The first-order valence-electron chi connectivity index (χ1n) is 7.62. The number of thiazole rings is 1. The molecule has 2 heterocycles.